The first-order valence-corrected chi connectivity index (χ1v) is 8.12. The molecule has 0 fully saturated rings. The fourth-order valence-electron chi connectivity index (χ4n) is 1.97. The minimum Gasteiger partial charge on any atom is -0.472 e. The molecule has 2 rings (SSSR count). The second-order valence-corrected chi connectivity index (χ2v) is 6.77. The zero-order chi connectivity index (χ0) is 15.5. The van der Waals surface area contributed by atoms with Gasteiger partial charge in [-0.2, -0.15) is 9.40 Å². The largest absolute Gasteiger partial charge is 0.472 e. The smallest absolute Gasteiger partial charge is 0.262 e. The van der Waals surface area contributed by atoms with Gasteiger partial charge in [0, 0.05) is 37.0 Å². The van der Waals surface area contributed by atoms with Crippen LogP contribution in [-0.2, 0) is 23.1 Å². The fourth-order valence-corrected chi connectivity index (χ4v) is 3.29. The first-order chi connectivity index (χ1) is 9.96. The molecule has 2 aromatic rings. The van der Waals surface area contributed by atoms with Gasteiger partial charge in [0.05, 0.1) is 12.5 Å². The Balaban J connectivity index is 2.26. The maximum Gasteiger partial charge on any atom is 0.262 e. The molecule has 0 unspecified atom stereocenters. The van der Waals surface area contributed by atoms with Crippen LogP contribution in [0.5, 0.6) is 0 Å². The van der Waals surface area contributed by atoms with Crippen molar-refractivity contribution in [3.8, 4) is 0 Å². The first-order valence-electron chi connectivity index (χ1n) is 6.68. The summed E-state index contributed by atoms with van der Waals surface area (Å²) >= 11 is 0. The molecular weight excluding hydrogens is 292 g/mol. The summed E-state index contributed by atoms with van der Waals surface area (Å²) < 4.78 is 31.5. The van der Waals surface area contributed by atoms with Crippen molar-refractivity contribution in [3.63, 3.8) is 0 Å². The summed E-state index contributed by atoms with van der Waals surface area (Å²) in [5, 5.41) is 9.93. The van der Waals surface area contributed by atoms with Gasteiger partial charge in [0.2, 0.25) is 0 Å². The molecule has 116 valence electrons. The van der Waals surface area contributed by atoms with E-state index in [9.17, 15) is 8.42 Å². The monoisotopic (exact) mass is 312 g/mol. The minimum absolute atomic E-state index is 0.0759. The Labute approximate surface area is 124 Å². The van der Waals surface area contributed by atoms with Crippen LogP contribution in [0.3, 0.4) is 0 Å². The van der Waals surface area contributed by atoms with Gasteiger partial charge in [0.15, 0.2) is 5.03 Å². The summed E-state index contributed by atoms with van der Waals surface area (Å²) in [6.07, 6.45) is 3.05. The van der Waals surface area contributed by atoms with Crippen LogP contribution in [0.1, 0.15) is 23.7 Å². The van der Waals surface area contributed by atoms with Gasteiger partial charge < -0.3 is 9.73 Å². The topological polar surface area (TPSA) is 91.2 Å². The summed E-state index contributed by atoms with van der Waals surface area (Å²) in [6.45, 7) is 5.25. The van der Waals surface area contributed by atoms with Crippen LogP contribution in [0.15, 0.2) is 28.0 Å². The highest BCUT2D eigenvalue weighted by molar-refractivity contribution is 7.89. The van der Waals surface area contributed by atoms with Gasteiger partial charge in [0.1, 0.15) is 0 Å². The van der Waals surface area contributed by atoms with E-state index in [0.29, 0.717) is 12.1 Å². The number of hydrogen-bond acceptors (Lipinski definition) is 5. The molecule has 0 aliphatic heterocycles. The molecule has 0 aliphatic carbocycles. The number of aromatic amines is 1. The quantitative estimate of drug-likeness (QED) is 0.802. The SMILES string of the molecule is CCNCc1c(S(=O)(=O)N(C)Cc2ccoc2)n[nH]c1C. The molecule has 8 heteroatoms. The molecule has 2 N–H and O–H groups in total. The zero-order valence-corrected chi connectivity index (χ0v) is 13.2. The highest BCUT2D eigenvalue weighted by atomic mass is 32.2. The van der Waals surface area contributed by atoms with E-state index >= 15 is 0 Å². The molecule has 7 nitrogen and oxygen atoms in total. The highest BCUT2D eigenvalue weighted by Gasteiger charge is 2.28. The standard InChI is InChI=1S/C13H20N4O3S/c1-4-14-7-12-10(2)15-16-13(12)21(18,19)17(3)8-11-5-6-20-9-11/h5-6,9,14H,4,7-8H2,1-3H3,(H,15,16). The van der Waals surface area contributed by atoms with E-state index in [0.717, 1.165) is 17.8 Å². The third kappa shape index (κ3) is 3.34. The van der Waals surface area contributed by atoms with E-state index in [1.54, 1.807) is 6.07 Å². The predicted octanol–water partition coefficient (Wildman–Crippen LogP) is 1.24. The summed E-state index contributed by atoms with van der Waals surface area (Å²) in [6, 6.07) is 1.74. The van der Waals surface area contributed by atoms with Gasteiger partial charge in [0.25, 0.3) is 10.0 Å². The summed E-state index contributed by atoms with van der Waals surface area (Å²) in [5.74, 6) is 0. The number of nitrogens with one attached hydrogen (secondary N) is 2. The maximum atomic E-state index is 12.6. The lowest BCUT2D eigenvalue weighted by molar-refractivity contribution is 0.459. The van der Waals surface area contributed by atoms with Crippen LogP contribution in [0.4, 0.5) is 0 Å². The molecule has 0 bridgehead atoms. The van der Waals surface area contributed by atoms with Gasteiger partial charge in [-0.15, -0.1) is 0 Å². The van der Waals surface area contributed by atoms with E-state index in [4.69, 9.17) is 4.42 Å². The predicted molar refractivity (Wildman–Crippen MR) is 78.1 cm³/mol. The van der Waals surface area contributed by atoms with Gasteiger partial charge >= 0.3 is 0 Å². The average molecular weight is 312 g/mol. The fraction of sp³-hybridized carbons (Fsp3) is 0.462. The molecule has 0 aromatic carbocycles. The summed E-state index contributed by atoms with van der Waals surface area (Å²) in [7, 11) is -2.11. The second kappa shape index (κ2) is 6.42. The van der Waals surface area contributed by atoms with Crippen molar-refractivity contribution in [1.29, 1.82) is 0 Å². The van der Waals surface area contributed by atoms with Crippen molar-refractivity contribution in [3.05, 3.63) is 35.4 Å². The third-order valence-electron chi connectivity index (χ3n) is 3.23. The molecular formula is C13H20N4O3S. The average Bonchev–Trinajstić information content (AvgIpc) is 3.06. The summed E-state index contributed by atoms with van der Waals surface area (Å²) in [4.78, 5) is 0. The number of nitrogens with zero attached hydrogens (tertiary/aromatic N) is 2. The van der Waals surface area contributed by atoms with Crippen LogP contribution in [0.2, 0.25) is 0 Å². The van der Waals surface area contributed by atoms with E-state index in [-0.39, 0.29) is 11.6 Å². The number of aromatic nitrogens is 2. The Morgan fingerprint density at radius 3 is 2.86 bits per heavy atom. The summed E-state index contributed by atoms with van der Waals surface area (Å²) in [5.41, 5.74) is 2.23. The lowest BCUT2D eigenvalue weighted by atomic mass is 10.2. The molecule has 0 aliphatic rings. The van der Waals surface area contributed by atoms with Crippen molar-refractivity contribution in [1.82, 2.24) is 19.8 Å². The molecule has 0 saturated carbocycles. The van der Waals surface area contributed by atoms with E-state index in [1.165, 1.54) is 23.9 Å². The molecule has 0 atom stereocenters. The van der Waals surface area contributed by atoms with E-state index < -0.39 is 10.0 Å². The van der Waals surface area contributed by atoms with E-state index in [1.807, 2.05) is 13.8 Å². The van der Waals surface area contributed by atoms with Gasteiger partial charge in [-0.1, -0.05) is 6.92 Å². The lowest BCUT2D eigenvalue weighted by Crippen LogP contribution is -2.28. The Hall–Kier alpha value is -1.64. The Morgan fingerprint density at radius 2 is 2.24 bits per heavy atom. The first kappa shape index (κ1) is 15.7. The molecule has 2 aromatic heterocycles. The molecule has 2 heterocycles. The van der Waals surface area contributed by atoms with E-state index in [2.05, 4.69) is 15.5 Å². The van der Waals surface area contributed by atoms with Crippen LogP contribution in [0, 0.1) is 6.92 Å². The minimum atomic E-state index is -3.65. The van der Waals surface area contributed by atoms with Gasteiger partial charge in [-0.3, -0.25) is 5.10 Å². The van der Waals surface area contributed by atoms with Crippen molar-refractivity contribution in [2.24, 2.45) is 0 Å². The Kier molecular flexibility index (Phi) is 4.81. The Bertz CT molecular complexity index is 676. The normalized spacial score (nSPS) is 12.2. The molecule has 0 radical (unpaired) electrons. The number of hydrogen-bond donors (Lipinski definition) is 2. The number of sulfonamides is 1. The van der Waals surface area contributed by atoms with Crippen LogP contribution < -0.4 is 5.32 Å². The van der Waals surface area contributed by atoms with Crippen LogP contribution in [-0.4, -0.2) is 36.5 Å². The van der Waals surface area contributed by atoms with Crippen molar-refractivity contribution in [2.75, 3.05) is 13.6 Å². The van der Waals surface area contributed by atoms with Crippen molar-refractivity contribution in [2.45, 2.75) is 32.0 Å². The van der Waals surface area contributed by atoms with Crippen molar-refractivity contribution >= 4 is 10.0 Å². The molecule has 0 amide bonds. The molecule has 21 heavy (non-hydrogen) atoms. The maximum absolute atomic E-state index is 12.6. The number of rotatable bonds is 7. The Morgan fingerprint density at radius 1 is 1.48 bits per heavy atom. The van der Waals surface area contributed by atoms with Gasteiger partial charge in [-0.05, 0) is 19.5 Å². The van der Waals surface area contributed by atoms with Crippen LogP contribution in [0.25, 0.3) is 0 Å². The van der Waals surface area contributed by atoms with Crippen molar-refractivity contribution < 1.29 is 12.8 Å². The van der Waals surface area contributed by atoms with Gasteiger partial charge in [-0.25, -0.2) is 8.42 Å². The molecule has 0 spiro atoms. The highest BCUT2D eigenvalue weighted by Crippen LogP contribution is 2.21. The number of furan rings is 1. The second-order valence-electron chi connectivity index (χ2n) is 4.81. The lowest BCUT2D eigenvalue weighted by Gasteiger charge is -2.16. The third-order valence-corrected chi connectivity index (χ3v) is 5.00. The zero-order valence-electron chi connectivity index (χ0n) is 12.4. The number of aryl methyl sites for hydroxylation is 1. The molecule has 0 saturated heterocycles. The number of H-pyrrole nitrogens is 1. The van der Waals surface area contributed by atoms with Crippen LogP contribution >= 0.6 is 0 Å².